The van der Waals surface area contributed by atoms with Crippen LogP contribution >= 0.6 is 0 Å². The summed E-state index contributed by atoms with van der Waals surface area (Å²) in [5.74, 6) is -0.124. The number of ether oxygens (including phenoxy) is 2. The van der Waals surface area contributed by atoms with Gasteiger partial charge in [0.2, 0.25) is 0 Å². The number of methoxy groups -OCH3 is 2. The molecule has 6 heteroatoms. The van der Waals surface area contributed by atoms with E-state index in [1.807, 2.05) is 13.0 Å². The van der Waals surface area contributed by atoms with E-state index in [1.54, 1.807) is 18.2 Å². The zero-order chi connectivity index (χ0) is 17.4. The lowest BCUT2D eigenvalue weighted by molar-refractivity contribution is 0.0698. The molecule has 1 N–H and O–H groups in total. The summed E-state index contributed by atoms with van der Waals surface area (Å²) in [7, 11) is 3.02. The number of carbonyl (C=O) groups is 1. The Morgan fingerprint density at radius 2 is 1.71 bits per heavy atom. The van der Waals surface area contributed by atoms with E-state index in [-0.39, 0.29) is 11.1 Å². The highest BCUT2D eigenvalue weighted by Crippen LogP contribution is 2.34. The molecule has 124 valence electrons. The van der Waals surface area contributed by atoms with Crippen LogP contribution in [0.15, 0.2) is 35.1 Å². The summed E-state index contributed by atoms with van der Waals surface area (Å²) in [5, 5.41) is 11.3. The number of aromatic carboxylic acids is 1. The number of hydrogen-bond acceptors (Lipinski definition) is 4. The molecule has 3 rings (SSSR count). The largest absolute Gasteiger partial charge is 0.493 e. The van der Waals surface area contributed by atoms with Crippen molar-refractivity contribution in [2.45, 2.75) is 13.5 Å². The summed E-state index contributed by atoms with van der Waals surface area (Å²) in [6.07, 6.45) is 0. The van der Waals surface area contributed by atoms with Gasteiger partial charge in [0.25, 0.3) is 5.56 Å². The number of nitrogens with zero attached hydrogens (tertiary/aromatic N) is 1. The second-order valence-electron chi connectivity index (χ2n) is 5.31. The Morgan fingerprint density at radius 1 is 1.08 bits per heavy atom. The molecule has 0 aliphatic carbocycles. The minimum Gasteiger partial charge on any atom is -0.493 e. The van der Waals surface area contributed by atoms with Gasteiger partial charge in [-0.3, -0.25) is 4.79 Å². The number of aromatic nitrogens is 1. The van der Waals surface area contributed by atoms with Crippen LogP contribution in [0.3, 0.4) is 0 Å². The standard InChI is InChI=1S/C18H17NO5/c1-4-19-16-10(6-5-7-11(16)18(21)22)12-8-14(23-2)15(24-3)9-13(12)17(19)20/h5-9H,4H2,1-3H3,(H,21,22). The SMILES string of the molecule is CCn1c(=O)c2cc(OC)c(OC)cc2c2cccc(C(=O)O)c21. The normalized spacial score (nSPS) is 11.0. The van der Waals surface area contributed by atoms with Gasteiger partial charge in [-0.25, -0.2) is 4.79 Å². The van der Waals surface area contributed by atoms with Gasteiger partial charge in [-0.15, -0.1) is 0 Å². The van der Waals surface area contributed by atoms with E-state index in [9.17, 15) is 14.7 Å². The van der Waals surface area contributed by atoms with E-state index >= 15 is 0 Å². The van der Waals surface area contributed by atoms with Crippen LogP contribution in [-0.2, 0) is 6.54 Å². The molecule has 3 aromatic rings. The summed E-state index contributed by atoms with van der Waals surface area (Å²) in [6, 6.07) is 8.33. The molecule has 2 aromatic carbocycles. The monoisotopic (exact) mass is 327 g/mol. The molecule has 0 saturated carbocycles. The number of hydrogen-bond donors (Lipinski definition) is 1. The molecular weight excluding hydrogens is 310 g/mol. The maximum absolute atomic E-state index is 12.9. The van der Waals surface area contributed by atoms with Crippen LogP contribution in [0.1, 0.15) is 17.3 Å². The number of carboxylic acid groups (broad SMARTS) is 1. The zero-order valence-electron chi connectivity index (χ0n) is 13.6. The number of fused-ring (bicyclic) bond motifs is 3. The molecule has 0 aliphatic heterocycles. The Hall–Kier alpha value is -3.02. The van der Waals surface area contributed by atoms with Crippen molar-refractivity contribution in [3.05, 3.63) is 46.2 Å². The smallest absolute Gasteiger partial charge is 0.337 e. The van der Waals surface area contributed by atoms with E-state index in [2.05, 4.69) is 0 Å². The highest BCUT2D eigenvalue weighted by atomic mass is 16.5. The van der Waals surface area contributed by atoms with Gasteiger partial charge in [-0.2, -0.15) is 0 Å². The van der Waals surface area contributed by atoms with Crippen molar-refractivity contribution in [2.24, 2.45) is 0 Å². The van der Waals surface area contributed by atoms with Gasteiger partial charge in [0, 0.05) is 17.3 Å². The highest BCUT2D eigenvalue weighted by Gasteiger charge is 2.18. The van der Waals surface area contributed by atoms with E-state index in [4.69, 9.17) is 9.47 Å². The Kier molecular flexibility index (Phi) is 3.89. The molecular formula is C18H17NO5. The predicted octanol–water partition coefficient (Wildman–Crippen LogP) is 2.89. The predicted molar refractivity (Wildman–Crippen MR) is 91.5 cm³/mol. The second kappa shape index (κ2) is 5.88. The molecule has 0 unspecified atom stereocenters. The fourth-order valence-electron chi connectivity index (χ4n) is 3.05. The lowest BCUT2D eigenvalue weighted by atomic mass is 10.0. The lowest BCUT2D eigenvalue weighted by Gasteiger charge is -2.15. The van der Waals surface area contributed by atoms with Crippen molar-refractivity contribution in [3.63, 3.8) is 0 Å². The fraction of sp³-hybridized carbons (Fsp3) is 0.222. The molecule has 1 aromatic heterocycles. The minimum atomic E-state index is -1.07. The molecule has 0 spiro atoms. The van der Waals surface area contributed by atoms with Gasteiger partial charge in [0.05, 0.1) is 30.7 Å². The molecule has 0 atom stereocenters. The van der Waals surface area contributed by atoms with Gasteiger partial charge < -0.3 is 19.1 Å². The van der Waals surface area contributed by atoms with Gasteiger partial charge >= 0.3 is 5.97 Å². The summed E-state index contributed by atoms with van der Waals surface area (Å²) < 4.78 is 12.1. The van der Waals surface area contributed by atoms with E-state index in [0.717, 1.165) is 0 Å². The molecule has 0 saturated heterocycles. The topological polar surface area (TPSA) is 77.8 Å². The van der Waals surface area contributed by atoms with Crippen LogP contribution in [-0.4, -0.2) is 29.9 Å². The summed E-state index contributed by atoms with van der Waals surface area (Å²) in [6.45, 7) is 2.18. The Bertz CT molecular complexity index is 1020. The minimum absolute atomic E-state index is 0.100. The zero-order valence-corrected chi connectivity index (χ0v) is 13.6. The van der Waals surface area contributed by atoms with Crippen LogP contribution in [0, 0.1) is 0 Å². The Morgan fingerprint density at radius 3 is 2.25 bits per heavy atom. The van der Waals surface area contributed by atoms with E-state index < -0.39 is 5.97 Å². The number of carboxylic acids is 1. The van der Waals surface area contributed by atoms with Gasteiger partial charge in [-0.05, 0) is 25.1 Å². The molecule has 0 bridgehead atoms. The fourth-order valence-corrected chi connectivity index (χ4v) is 3.05. The lowest BCUT2D eigenvalue weighted by Crippen LogP contribution is -2.21. The summed E-state index contributed by atoms with van der Waals surface area (Å²) in [4.78, 5) is 24.5. The van der Waals surface area contributed by atoms with Gasteiger partial charge in [-0.1, -0.05) is 12.1 Å². The van der Waals surface area contributed by atoms with E-state index in [0.29, 0.717) is 39.7 Å². The van der Waals surface area contributed by atoms with Crippen molar-refractivity contribution in [1.82, 2.24) is 4.57 Å². The van der Waals surface area contributed by atoms with Gasteiger partial charge in [0.1, 0.15) is 0 Å². The Balaban J connectivity index is 2.62. The average molecular weight is 327 g/mol. The first-order valence-corrected chi connectivity index (χ1v) is 7.48. The maximum Gasteiger partial charge on any atom is 0.337 e. The van der Waals surface area contributed by atoms with Crippen molar-refractivity contribution in [3.8, 4) is 11.5 Å². The van der Waals surface area contributed by atoms with Crippen LogP contribution in [0.2, 0.25) is 0 Å². The third-order valence-corrected chi connectivity index (χ3v) is 4.14. The van der Waals surface area contributed by atoms with Crippen LogP contribution in [0.25, 0.3) is 21.7 Å². The number of aryl methyl sites for hydroxylation is 1. The number of para-hydroxylation sites is 1. The summed E-state index contributed by atoms with van der Waals surface area (Å²) in [5.41, 5.74) is 0.259. The third-order valence-electron chi connectivity index (χ3n) is 4.14. The van der Waals surface area contributed by atoms with Crippen molar-refractivity contribution in [2.75, 3.05) is 14.2 Å². The van der Waals surface area contributed by atoms with Crippen LogP contribution in [0.5, 0.6) is 11.5 Å². The van der Waals surface area contributed by atoms with Crippen molar-refractivity contribution in [1.29, 1.82) is 0 Å². The number of benzene rings is 2. The first kappa shape index (κ1) is 15.9. The molecule has 0 amide bonds. The van der Waals surface area contributed by atoms with Crippen molar-refractivity contribution >= 4 is 27.6 Å². The number of pyridine rings is 1. The molecule has 0 radical (unpaired) electrons. The van der Waals surface area contributed by atoms with Crippen LogP contribution in [0.4, 0.5) is 0 Å². The second-order valence-corrected chi connectivity index (χ2v) is 5.31. The van der Waals surface area contributed by atoms with Crippen molar-refractivity contribution < 1.29 is 19.4 Å². The first-order valence-electron chi connectivity index (χ1n) is 7.48. The van der Waals surface area contributed by atoms with E-state index in [1.165, 1.54) is 24.9 Å². The van der Waals surface area contributed by atoms with Gasteiger partial charge in [0.15, 0.2) is 11.5 Å². The quantitative estimate of drug-likeness (QED) is 0.746. The molecule has 1 heterocycles. The third kappa shape index (κ3) is 2.19. The molecule has 0 fully saturated rings. The number of rotatable bonds is 4. The first-order chi connectivity index (χ1) is 11.5. The maximum atomic E-state index is 12.9. The summed E-state index contributed by atoms with van der Waals surface area (Å²) >= 11 is 0. The molecule has 0 aliphatic rings. The highest BCUT2D eigenvalue weighted by molar-refractivity contribution is 6.12. The Labute approximate surface area is 137 Å². The molecule has 6 nitrogen and oxygen atoms in total. The van der Waals surface area contributed by atoms with Crippen LogP contribution < -0.4 is 15.0 Å². The average Bonchev–Trinajstić information content (AvgIpc) is 2.60. The molecule has 24 heavy (non-hydrogen) atoms.